The first kappa shape index (κ1) is 46.2. The maximum Gasteiger partial charge on any atom is 0.329 e. The third-order valence-corrected chi connectivity index (χ3v) is 15.7. The molecule has 0 spiro atoms. The Morgan fingerprint density at radius 2 is 1.72 bits per heavy atom. The van der Waals surface area contributed by atoms with Crippen molar-refractivity contribution in [2.45, 2.75) is 68.9 Å². The number of benzene rings is 2. The molecular formula is C51H57F3N14O4. The molecule has 9 heterocycles. The SMILES string of the molecule is CNc1cc(N2CCc3c(-c4ccc(CN5CCC(N6CC(CN7CCN(c8ccc9c(c8)n(C)c(=O)n9C8CCC(=O)NC8=O)CC7)C6)C(F)(F)C5)cn4)cccc32)nn2c(C(=O)N[C@@H]3C[C@@H]3F)cnc12. The topological polar surface area (TPSA) is 174 Å². The number of halogens is 3. The highest BCUT2D eigenvalue weighted by Gasteiger charge is 2.50. The summed E-state index contributed by atoms with van der Waals surface area (Å²) in [7, 11) is 3.49. The molecule has 5 fully saturated rings. The molecule has 5 aliphatic heterocycles. The van der Waals surface area contributed by atoms with Crippen molar-refractivity contribution in [1.29, 1.82) is 0 Å². The van der Waals surface area contributed by atoms with Crippen LogP contribution in [0.2, 0.25) is 0 Å². The number of pyridine rings is 1. The Balaban J connectivity index is 0.629. The van der Waals surface area contributed by atoms with Gasteiger partial charge >= 0.3 is 5.69 Å². The highest BCUT2D eigenvalue weighted by Crippen LogP contribution is 2.41. The summed E-state index contributed by atoms with van der Waals surface area (Å²) in [6.45, 7) is 6.79. The minimum Gasteiger partial charge on any atom is -0.385 e. The number of nitrogens with one attached hydrogen (secondary N) is 3. The predicted molar refractivity (Wildman–Crippen MR) is 265 cm³/mol. The lowest BCUT2D eigenvalue weighted by atomic mass is 9.90. The second-order valence-electron chi connectivity index (χ2n) is 20.4. The van der Waals surface area contributed by atoms with E-state index in [9.17, 15) is 23.6 Å². The summed E-state index contributed by atoms with van der Waals surface area (Å²) in [5.74, 6) is -3.08. The van der Waals surface area contributed by atoms with Gasteiger partial charge in [-0.05, 0) is 66.6 Å². The number of imide groups is 1. The average Bonchev–Trinajstić information content (AvgIpc) is 3.63. The maximum atomic E-state index is 15.9. The highest BCUT2D eigenvalue weighted by atomic mass is 19.3. The van der Waals surface area contributed by atoms with E-state index in [0.717, 1.165) is 78.4 Å². The fraction of sp³-hybridized carbons (Fsp3) is 0.471. The van der Waals surface area contributed by atoms with Crippen molar-refractivity contribution in [3.05, 3.63) is 94.3 Å². The van der Waals surface area contributed by atoms with Crippen LogP contribution in [0.4, 0.5) is 36.1 Å². The molecular weight excluding hydrogens is 930 g/mol. The number of piperidine rings is 2. The van der Waals surface area contributed by atoms with Crippen LogP contribution in [0.5, 0.6) is 0 Å². The summed E-state index contributed by atoms with van der Waals surface area (Å²) in [5, 5.41) is 13.1. The predicted octanol–water partition coefficient (Wildman–Crippen LogP) is 3.96. The number of anilines is 4. The summed E-state index contributed by atoms with van der Waals surface area (Å²) in [6, 6.07) is 15.8. The first-order valence-electron chi connectivity index (χ1n) is 25.0. The summed E-state index contributed by atoms with van der Waals surface area (Å²) < 4.78 is 50.0. The van der Waals surface area contributed by atoms with E-state index >= 15 is 8.78 Å². The molecule has 0 radical (unpaired) electrons. The Kier molecular flexibility index (Phi) is 11.6. The number of hydrogen-bond donors (Lipinski definition) is 3. The number of rotatable bonds is 12. The van der Waals surface area contributed by atoms with Crippen LogP contribution in [0.25, 0.3) is 27.9 Å². The molecule has 1 aliphatic carbocycles. The van der Waals surface area contributed by atoms with Crippen LogP contribution >= 0.6 is 0 Å². The number of carbonyl (C=O) groups excluding carboxylic acids is 3. The van der Waals surface area contributed by atoms with Crippen LogP contribution in [0, 0.1) is 5.92 Å². The Bertz CT molecular complexity index is 3180. The first-order valence-corrected chi connectivity index (χ1v) is 25.0. The lowest BCUT2D eigenvalue weighted by molar-refractivity contribution is -0.152. The number of amides is 3. The van der Waals surface area contributed by atoms with Crippen molar-refractivity contribution in [2.24, 2.45) is 13.0 Å². The highest BCUT2D eigenvalue weighted by molar-refractivity contribution is 6.00. The number of alkyl halides is 3. The van der Waals surface area contributed by atoms with Crippen LogP contribution in [-0.2, 0) is 29.6 Å². The molecule has 3 N–H and O–H groups in total. The van der Waals surface area contributed by atoms with E-state index in [1.807, 2.05) is 64.4 Å². The Labute approximate surface area is 412 Å². The molecule has 21 heteroatoms. The van der Waals surface area contributed by atoms with Crippen LogP contribution < -0.4 is 31.4 Å². The van der Waals surface area contributed by atoms with Gasteiger partial charge in [0.25, 0.3) is 11.8 Å². The number of carbonyl (C=O) groups is 3. The standard InChI is InChI=1S/C51H57F3N14O4/c1-55-38-22-45(60-68-43(24-57-47(38)68)49(71)58-37-21-35(37)52)66-15-12-34-33(4-3-5-39(34)66)36-8-6-30(23-56-36)25-63-14-13-44(51(53,54)29-63)65-27-31(28-65)26-62-16-18-64(19-17-62)32-7-9-40-42(20-32)61(2)50(72)67(40)41-10-11-46(69)59-48(41)70/h3-9,20,22-24,31,35,37,41,44,55H,10-19,21,25-29H2,1-2H3,(H,58,71)(H,59,69,70)/t35-,37+,41?,44?/m0/s1. The first-order chi connectivity index (χ1) is 34.8. The van der Waals surface area contributed by atoms with E-state index in [0.29, 0.717) is 74.2 Å². The van der Waals surface area contributed by atoms with Crippen molar-refractivity contribution < 1.29 is 27.6 Å². The molecule has 6 aromatic rings. The van der Waals surface area contributed by atoms with Gasteiger partial charge in [-0.15, -0.1) is 5.10 Å². The molecule has 18 nitrogen and oxygen atoms in total. The van der Waals surface area contributed by atoms with Crippen LogP contribution in [0.3, 0.4) is 0 Å². The Morgan fingerprint density at radius 1 is 0.903 bits per heavy atom. The van der Waals surface area contributed by atoms with Gasteiger partial charge in [-0.3, -0.25) is 48.5 Å². The number of hydrogen-bond acceptors (Lipinski definition) is 13. The molecule has 1 saturated carbocycles. The Hall–Kier alpha value is -6.84. The molecule has 2 unspecified atom stereocenters. The van der Waals surface area contributed by atoms with Gasteiger partial charge in [0, 0.05) is 122 Å². The molecule has 4 atom stereocenters. The van der Waals surface area contributed by atoms with E-state index < -0.39 is 42.0 Å². The summed E-state index contributed by atoms with van der Waals surface area (Å²) in [6.07, 6.45) is 4.14. The van der Waals surface area contributed by atoms with Crippen molar-refractivity contribution in [1.82, 2.24) is 54.0 Å². The fourth-order valence-electron chi connectivity index (χ4n) is 11.7. The molecule has 4 aromatic heterocycles. The van der Waals surface area contributed by atoms with Crippen LogP contribution in [-0.4, -0.2) is 158 Å². The van der Waals surface area contributed by atoms with Gasteiger partial charge < -0.3 is 20.4 Å². The Morgan fingerprint density at radius 3 is 2.46 bits per heavy atom. The van der Waals surface area contributed by atoms with E-state index in [1.54, 1.807) is 24.9 Å². The van der Waals surface area contributed by atoms with E-state index in [-0.39, 0.29) is 36.7 Å². The van der Waals surface area contributed by atoms with Crippen molar-refractivity contribution >= 4 is 57.3 Å². The molecule has 6 aliphatic rings. The normalized spacial score (nSPS) is 23.9. The zero-order valence-corrected chi connectivity index (χ0v) is 40.2. The smallest absolute Gasteiger partial charge is 0.329 e. The number of fused-ring (bicyclic) bond motifs is 3. The van der Waals surface area contributed by atoms with Crippen molar-refractivity contribution in [3.8, 4) is 11.3 Å². The minimum absolute atomic E-state index is 0.189. The van der Waals surface area contributed by atoms with Gasteiger partial charge in [0.1, 0.15) is 12.2 Å². The lowest BCUT2D eigenvalue weighted by Gasteiger charge is -2.51. The fourth-order valence-corrected chi connectivity index (χ4v) is 11.7. The van der Waals surface area contributed by atoms with Crippen LogP contribution in [0.15, 0.2) is 71.8 Å². The lowest BCUT2D eigenvalue weighted by Crippen LogP contribution is -2.65. The third kappa shape index (κ3) is 8.33. The third-order valence-electron chi connectivity index (χ3n) is 15.7. The summed E-state index contributed by atoms with van der Waals surface area (Å²) >= 11 is 0. The van der Waals surface area contributed by atoms with Gasteiger partial charge in [-0.1, -0.05) is 18.2 Å². The summed E-state index contributed by atoms with van der Waals surface area (Å²) in [5.41, 5.74) is 8.24. The molecule has 72 heavy (non-hydrogen) atoms. The monoisotopic (exact) mass is 986 g/mol. The largest absolute Gasteiger partial charge is 0.385 e. The van der Waals surface area contributed by atoms with Crippen molar-refractivity contribution in [2.75, 3.05) is 87.6 Å². The van der Waals surface area contributed by atoms with E-state index in [1.165, 1.54) is 15.3 Å². The van der Waals surface area contributed by atoms with E-state index in [2.05, 4.69) is 35.6 Å². The molecule has 376 valence electrons. The molecule has 12 rings (SSSR count). The average molecular weight is 987 g/mol. The molecule has 0 bridgehead atoms. The number of likely N-dealkylation sites (tertiary alicyclic amines) is 2. The maximum absolute atomic E-state index is 15.9. The van der Waals surface area contributed by atoms with Crippen LogP contribution in [0.1, 0.15) is 53.3 Å². The van der Waals surface area contributed by atoms with E-state index in [4.69, 9.17) is 10.1 Å². The number of aryl methyl sites for hydroxylation is 1. The second kappa shape index (κ2) is 18.0. The minimum atomic E-state index is -2.85. The number of piperazine rings is 1. The van der Waals surface area contributed by atoms with Gasteiger partial charge in [-0.25, -0.2) is 27.5 Å². The summed E-state index contributed by atoms with van der Waals surface area (Å²) in [4.78, 5) is 70.6. The molecule has 3 amide bonds. The number of imidazole rings is 2. The molecule has 2 aromatic carbocycles. The zero-order chi connectivity index (χ0) is 49.6. The quantitative estimate of drug-likeness (QED) is 0.151. The number of nitrogens with zero attached hydrogens (tertiary/aromatic N) is 11. The van der Waals surface area contributed by atoms with Gasteiger partial charge in [0.15, 0.2) is 17.2 Å². The van der Waals surface area contributed by atoms with Gasteiger partial charge in [-0.2, -0.15) is 0 Å². The van der Waals surface area contributed by atoms with Crippen molar-refractivity contribution in [3.63, 3.8) is 0 Å². The molecule has 4 saturated heterocycles. The zero-order valence-electron chi connectivity index (χ0n) is 40.2. The second-order valence-corrected chi connectivity index (χ2v) is 20.4. The van der Waals surface area contributed by atoms with Gasteiger partial charge in [0.05, 0.1) is 47.2 Å². The number of aromatic nitrogens is 6. The van der Waals surface area contributed by atoms with Gasteiger partial charge in [0.2, 0.25) is 11.8 Å².